The van der Waals surface area contributed by atoms with E-state index in [2.05, 4.69) is 25.9 Å². The van der Waals surface area contributed by atoms with E-state index in [0.29, 0.717) is 19.8 Å². The lowest BCUT2D eigenvalue weighted by atomic mass is 10.1. The van der Waals surface area contributed by atoms with Gasteiger partial charge in [0.2, 0.25) is 0 Å². The Morgan fingerprint density at radius 1 is 1.30 bits per heavy atom. The summed E-state index contributed by atoms with van der Waals surface area (Å²) in [5.74, 6) is 0.807. The lowest BCUT2D eigenvalue weighted by Crippen LogP contribution is -2.27. The largest absolute Gasteiger partial charge is 0.389 e. The first kappa shape index (κ1) is 16.4. The third-order valence-corrected chi connectivity index (χ3v) is 4.09. The maximum atomic E-state index is 10.3. The van der Waals surface area contributed by atoms with Gasteiger partial charge in [-0.05, 0) is 39.0 Å². The molecule has 0 amide bonds. The highest BCUT2D eigenvalue weighted by atomic mass is 79.9. The number of aliphatic hydroxyl groups is 1. The van der Waals surface area contributed by atoms with Gasteiger partial charge in [-0.25, -0.2) is 4.98 Å². The standard InChI is InChI=1S/C17H20BrN3O2/c1-4-23-9-15-20-14-8-19-13-7-11(18)5-6-12(13)16(14)21(15)10-17(2,3)22/h5-8,22H,4,9-10H2,1-3H3. The minimum Gasteiger partial charge on any atom is -0.389 e. The van der Waals surface area contributed by atoms with E-state index in [9.17, 15) is 5.11 Å². The number of nitrogens with zero attached hydrogens (tertiary/aromatic N) is 3. The van der Waals surface area contributed by atoms with E-state index in [1.54, 1.807) is 20.0 Å². The van der Waals surface area contributed by atoms with Gasteiger partial charge in [0.15, 0.2) is 0 Å². The molecule has 3 aromatic rings. The van der Waals surface area contributed by atoms with Crippen LogP contribution in [-0.2, 0) is 17.9 Å². The van der Waals surface area contributed by atoms with Crippen LogP contribution in [0, 0.1) is 0 Å². The molecule has 0 saturated carbocycles. The highest BCUT2D eigenvalue weighted by molar-refractivity contribution is 9.10. The fourth-order valence-electron chi connectivity index (χ4n) is 2.70. The predicted octanol–water partition coefficient (Wildman–Crippen LogP) is 3.65. The van der Waals surface area contributed by atoms with Crippen molar-refractivity contribution in [3.05, 3.63) is 34.7 Å². The van der Waals surface area contributed by atoms with Crippen molar-refractivity contribution in [3.8, 4) is 0 Å². The maximum absolute atomic E-state index is 10.3. The lowest BCUT2D eigenvalue weighted by molar-refractivity contribution is 0.0582. The van der Waals surface area contributed by atoms with Crippen LogP contribution in [0.3, 0.4) is 0 Å². The average molecular weight is 378 g/mol. The molecule has 2 aromatic heterocycles. The zero-order chi connectivity index (χ0) is 16.6. The minimum atomic E-state index is -0.848. The van der Waals surface area contributed by atoms with E-state index in [4.69, 9.17) is 4.74 Å². The van der Waals surface area contributed by atoms with Gasteiger partial charge in [-0.1, -0.05) is 15.9 Å². The highest BCUT2D eigenvalue weighted by Gasteiger charge is 2.20. The first-order valence-corrected chi connectivity index (χ1v) is 8.42. The molecule has 0 radical (unpaired) electrons. The summed E-state index contributed by atoms with van der Waals surface area (Å²) >= 11 is 3.48. The van der Waals surface area contributed by atoms with Crippen LogP contribution in [-0.4, -0.2) is 31.8 Å². The second-order valence-electron chi connectivity index (χ2n) is 6.22. The van der Waals surface area contributed by atoms with Gasteiger partial charge < -0.3 is 14.4 Å². The van der Waals surface area contributed by atoms with Gasteiger partial charge in [0.25, 0.3) is 0 Å². The van der Waals surface area contributed by atoms with E-state index in [-0.39, 0.29) is 0 Å². The molecule has 5 nitrogen and oxygen atoms in total. The number of fused-ring (bicyclic) bond motifs is 3. The smallest absolute Gasteiger partial charge is 0.136 e. The fourth-order valence-corrected chi connectivity index (χ4v) is 3.05. The zero-order valence-electron chi connectivity index (χ0n) is 13.5. The summed E-state index contributed by atoms with van der Waals surface area (Å²) in [4.78, 5) is 9.15. The molecule has 1 N–H and O–H groups in total. The van der Waals surface area contributed by atoms with Crippen LogP contribution in [0.15, 0.2) is 28.9 Å². The molecule has 0 bridgehead atoms. The SMILES string of the molecule is CCOCc1nc2cnc3cc(Br)ccc3c2n1CC(C)(C)O. The van der Waals surface area contributed by atoms with Gasteiger partial charge in [-0.3, -0.25) is 4.98 Å². The molecule has 122 valence electrons. The molecule has 0 aliphatic carbocycles. The van der Waals surface area contributed by atoms with Crippen molar-refractivity contribution in [1.29, 1.82) is 0 Å². The first-order valence-electron chi connectivity index (χ1n) is 7.62. The van der Waals surface area contributed by atoms with E-state index < -0.39 is 5.60 Å². The highest BCUT2D eigenvalue weighted by Crippen LogP contribution is 2.28. The van der Waals surface area contributed by atoms with Crippen LogP contribution in [0.4, 0.5) is 0 Å². The van der Waals surface area contributed by atoms with Crippen LogP contribution < -0.4 is 0 Å². The van der Waals surface area contributed by atoms with Gasteiger partial charge >= 0.3 is 0 Å². The molecular formula is C17H20BrN3O2. The summed E-state index contributed by atoms with van der Waals surface area (Å²) in [5.41, 5.74) is 1.85. The number of rotatable bonds is 5. The van der Waals surface area contributed by atoms with Crippen LogP contribution >= 0.6 is 15.9 Å². The fraction of sp³-hybridized carbons (Fsp3) is 0.412. The van der Waals surface area contributed by atoms with Crippen LogP contribution in [0.2, 0.25) is 0 Å². The quantitative estimate of drug-likeness (QED) is 0.736. The Morgan fingerprint density at radius 2 is 2.09 bits per heavy atom. The van der Waals surface area contributed by atoms with Crippen LogP contribution in [0.1, 0.15) is 26.6 Å². The summed E-state index contributed by atoms with van der Waals surface area (Å²) in [6, 6.07) is 6.01. The number of benzene rings is 1. The Bertz CT molecular complexity index is 852. The zero-order valence-corrected chi connectivity index (χ0v) is 15.1. The normalized spacial score (nSPS) is 12.4. The predicted molar refractivity (Wildman–Crippen MR) is 94.4 cm³/mol. The molecular weight excluding hydrogens is 358 g/mol. The van der Waals surface area contributed by atoms with E-state index >= 15 is 0 Å². The van der Waals surface area contributed by atoms with Crippen LogP contribution in [0.25, 0.3) is 21.9 Å². The summed E-state index contributed by atoms with van der Waals surface area (Å²) < 4.78 is 8.57. The molecule has 0 unspecified atom stereocenters. The van der Waals surface area contributed by atoms with Gasteiger partial charge in [-0.15, -0.1) is 0 Å². The number of hydrogen-bond donors (Lipinski definition) is 1. The maximum Gasteiger partial charge on any atom is 0.136 e. The number of aromatic nitrogens is 3. The summed E-state index contributed by atoms with van der Waals surface area (Å²) in [7, 11) is 0. The third-order valence-electron chi connectivity index (χ3n) is 3.59. The van der Waals surface area contributed by atoms with Crippen molar-refractivity contribution in [2.75, 3.05) is 6.61 Å². The summed E-state index contributed by atoms with van der Waals surface area (Å²) in [6.07, 6.45) is 1.78. The molecule has 6 heteroatoms. The second-order valence-corrected chi connectivity index (χ2v) is 7.13. The van der Waals surface area contributed by atoms with Gasteiger partial charge in [0.1, 0.15) is 17.9 Å². The lowest BCUT2D eigenvalue weighted by Gasteiger charge is -2.20. The molecule has 0 aliphatic heterocycles. The van der Waals surface area contributed by atoms with Gasteiger partial charge in [0.05, 0.1) is 29.4 Å². The molecule has 0 spiro atoms. The van der Waals surface area contributed by atoms with Gasteiger partial charge in [0, 0.05) is 16.5 Å². The van der Waals surface area contributed by atoms with Gasteiger partial charge in [-0.2, -0.15) is 0 Å². The van der Waals surface area contributed by atoms with E-state index in [0.717, 1.165) is 32.2 Å². The molecule has 3 rings (SSSR count). The van der Waals surface area contributed by atoms with Crippen LogP contribution in [0.5, 0.6) is 0 Å². The molecule has 0 aliphatic rings. The minimum absolute atomic E-state index is 0.416. The van der Waals surface area contributed by atoms with Crippen molar-refractivity contribution in [2.45, 2.75) is 39.5 Å². The van der Waals surface area contributed by atoms with E-state index in [1.165, 1.54) is 0 Å². The Morgan fingerprint density at radius 3 is 2.78 bits per heavy atom. The molecule has 2 heterocycles. The van der Waals surface area contributed by atoms with Crippen molar-refractivity contribution in [1.82, 2.24) is 14.5 Å². The molecule has 0 saturated heterocycles. The Balaban J connectivity index is 2.27. The number of pyridine rings is 1. The Hall–Kier alpha value is -1.50. The first-order chi connectivity index (χ1) is 10.9. The van der Waals surface area contributed by atoms with E-state index in [1.807, 2.05) is 29.7 Å². The molecule has 23 heavy (non-hydrogen) atoms. The number of halogens is 1. The average Bonchev–Trinajstić information content (AvgIpc) is 2.81. The van der Waals surface area contributed by atoms with Crippen molar-refractivity contribution in [3.63, 3.8) is 0 Å². The third kappa shape index (κ3) is 3.39. The number of imidazole rings is 1. The molecule has 0 fully saturated rings. The molecule has 0 atom stereocenters. The Kier molecular flexibility index (Phi) is 4.40. The van der Waals surface area contributed by atoms with Crippen molar-refractivity contribution < 1.29 is 9.84 Å². The second kappa shape index (κ2) is 6.19. The Labute approximate surface area is 143 Å². The summed E-state index contributed by atoms with van der Waals surface area (Å²) in [5, 5.41) is 11.3. The van der Waals surface area contributed by atoms with Crippen molar-refractivity contribution in [2.24, 2.45) is 0 Å². The molecule has 1 aromatic carbocycles. The summed E-state index contributed by atoms with van der Waals surface area (Å²) in [6.45, 7) is 7.03. The van der Waals surface area contributed by atoms with Crippen molar-refractivity contribution >= 4 is 37.9 Å². The number of ether oxygens (including phenoxy) is 1. The topological polar surface area (TPSA) is 60.2 Å². The number of hydrogen-bond acceptors (Lipinski definition) is 4. The monoisotopic (exact) mass is 377 g/mol.